The summed E-state index contributed by atoms with van der Waals surface area (Å²) in [5.74, 6) is 0.262. The number of fused-ring (bicyclic) bond motifs is 1. The Kier molecular flexibility index (Phi) is 3.39. The van der Waals surface area contributed by atoms with E-state index in [1.54, 1.807) is 24.3 Å². The number of hydrogen-bond acceptors (Lipinski definition) is 3. The van der Waals surface area contributed by atoms with E-state index in [9.17, 15) is 9.59 Å². The zero-order valence-electron chi connectivity index (χ0n) is 12.9. The van der Waals surface area contributed by atoms with Gasteiger partial charge in [-0.1, -0.05) is 23.7 Å². The second-order valence-corrected chi connectivity index (χ2v) is 6.22. The van der Waals surface area contributed by atoms with Crippen molar-refractivity contribution in [3.8, 4) is 0 Å². The van der Waals surface area contributed by atoms with Crippen LogP contribution in [0.25, 0.3) is 11.0 Å². The van der Waals surface area contributed by atoms with Gasteiger partial charge in [-0.05, 0) is 43.3 Å². The highest BCUT2D eigenvalue weighted by Crippen LogP contribution is 2.33. The number of rotatable bonds is 2. The molecule has 4 rings (SSSR count). The standard InChI is InChI=1S/C18H14ClN3O2/c1-11-20-14-4-2-3-5-15(14)21(11)16-10-17(23)22(18(16)24)13-8-6-12(19)7-9-13/h2-9,16H,10H2,1H3/t16-/m1/s1. The fourth-order valence-corrected chi connectivity index (χ4v) is 3.36. The van der Waals surface area contributed by atoms with Crippen LogP contribution in [0.15, 0.2) is 48.5 Å². The largest absolute Gasteiger partial charge is 0.315 e. The number of hydrogen-bond donors (Lipinski definition) is 0. The summed E-state index contributed by atoms with van der Waals surface area (Å²) in [4.78, 5) is 31.1. The maximum Gasteiger partial charge on any atom is 0.257 e. The third-order valence-electron chi connectivity index (χ3n) is 4.29. The Bertz CT molecular complexity index is 962. The van der Waals surface area contributed by atoms with Crippen LogP contribution in [0.2, 0.25) is 5.02 Å². The molecular weight excluding hydrogens is 326 g/mol. The summed E-state index contributed by atoms with van der Waals surface area (Å²) in [6.07, 6.45) is 0.128. The van der Waals surface area contributed by atoms with Crippen LogP contribution in [0.3, 0.4) is 0 Å². The lowest BCUT2D eigenvalue weighted by atomic mass is 10.2. The van der Waals surface area contributed by atoms with Crippen molar-refractivity contribution in [2.24, 2.45) is 0 Å². The van der Waals surface area contributed by atoms with E-state index in [-0.39, 0.29) is 18.2 Å². The van der Waals surface area contributed by atoms with Crippen molar-refractivity contribution in [3.05, 3.63) is 59.4 Å². The van der Waals surface area contributed by atoms with E-state index in [2.05, 4.69) is 4.98 Å². The first-order valence-corrected chi connectivity index (χ1v) is 8.00. The maximum atomic E-state index is 12.9. The molecule has 0 bridgehead atoms. The van der Waals surface area contributed by atoms with Gasteiger partial charge in [-0.2, -0.15) is 0 Å². The van der Waals surface area contributed by atoms with Gasteiger partial charge in [0.2, 0.25) is 5.91 Å². The minimum absolute atomic E-state index is 0.128. The first kappa shape index (κ1) is 14.9. The second-order valence-electron chi connectivity index (χ2n) is 5.78. The summed E-state index contributed by atoms with van der Waals surface area (Å²) in [5.41, 5.74) is 2.22. The van der Waals surface area contributed by atoms with Gasteiger partial charge in [0.05, 0.1) is 23.1 Å². The number of anilines is 1. The lowest BCUT2D eigenvalue weighted by molar-refractivity contribution is -0.122. The molecule has 120 valence electrons. The van der Waals surface area contributed by atoms with E-state index in [0.29, 0.717) is 10.7 Å². The smallest absolute Gasteiger partial charge is 0.257 e. The topological polar surface area (TPSA) is 55.2 Å². The highest BCUT2D eigenvalue weighted by Gasteiger charge is 2.41. The molecule has 0 unspecified atom stereocenters. The Labute approximate surface area is 143 Å². The molecule has 1 saturated heterocycles. The zero-order chi connectivity index (χ0) is 16.8. The molecule has 2 aromatic carbocycles. The molecule has 5 nitrogen and oxygen atoms in total. The first-order chi connectivity index (χ1) is 11.6. The van der Waals surface area contributed by atoms with Crippen LogP contribution in [0.5, 0.6) is 0 Å². The van der Waals surface area contributed by atoms with Gasteiger partial charge in [0, 0.05) is 5.02 Å². The minimum atomic E-state index is -0.569. The minimum Gasteiger partial charge on any atom is -0.315 e. The average Bonchev–Trinajstić information content (AvgIpc) is 3.04. The van der Waals surface area contributed by atoms with Crippen LogP contribution < -0.4 is 4.90 Å². The van der Waals surface area contributed by atoms with Crippen LogP contribution in [0.1, 0.15) is 18.3 Å². The number of nitrogens with zero attached hydrogens (tertiary/aromatic N) is 3. The van der Waals surface area contributed by atoms with E-state index in [1.807, 2.05) is 35.8 Å². The van der Waals surface area contributed by atoms with Gasteiger partial charge in [0.15, 0.2) is 0 Å². The van der Waals surface area contributed by atoms with Gasteiger partial charge in [0.1, 0.15) is 11.9 Å². The number of para-hydroxylation sites is 2. The maximum absolute atomic E-state index is 12.9. The van der Waals surface area contributed by atoms with Gasteiger partial charge in [-0.25, -0.2) is 9.88 Å². The summed E-state index contributed by atoms with van der Waals surface area (Å²) >= 11 is 5.89. The Morgan fingerprint density at radius 3 is 2.54 bits per heavy atom. The molecule has 1 aromatic heterocycles. The molecule has 1 aliphatic heterocycles. The summed E-state index contributed by atoms with van der Waals surface area (Å²) in [7, 11) is 0. The first-order valence-electron chi connectivity index (χ1n) is 7.62. The molecular formula is C18H14ClN3O2. The quantitative estimate of drug-likeness (QED) is 0.671. The molecule has 0 aliphatic carbocycles. The molecule has 2 amide bonds. The summed E-state index contributed by atoms with van der Waals surface area (Å²) in [6.45, 7) is 1.85. The van der Waals surface area contributed by atoms with Gasteiger partial charge in [0.25, 0.3) is 5.91 Å². The van der Waals surface area contributed by atoms with Crippen molar-refractivity contribution >= 4 is 40.1 Å². The van der Waals surface area contributed by atoms with Crippen molar-refractivity contribution in [1.82, 2.24) is 9.55 Å². The number of carbonyl (C=O) groups excluding carboxylic acids is 2. The number of imidazole rings is 1. The van der Waals surface area contributed by atoms with E-state index >= 15 is 0 Å². The molecule has 0 N–H and O–H groups in total. The highest BCUT2D eigenvalue weighted by atomic mass is 35.5. The molecule has 0 saturated carbocycles. The number of aromatic nitrogens is 2. The van der Waals surface area contributed by atoms with Crippen LogP contribution >= 0.6 is 11.6 Å². The Morgan fingerprint density at radius 1 is 1.08 bits per heavy atom. The van der Waals surface area contributed by atoms with Crippen LogP contribution in [0.4, 0.5) is 5.69 Å². The fourth-order valence-electron chi connectivity index (χ4n) is 3.24. The van der Waals surface area contributed by atoms with Crippen LogP contribution in [0, 0.1) is 6.92 Å². The number of halogens is 1. The number of carbonyl (C=O) groups is 2. The van der Waals surface area contributed by atoms with Crippen molar-refractivity contribution < 1.29 is 9.59 Å². The van der Waals surface area contributed by atoms with Gasteiger partial charge >= 0.3 is 0 Å². The summed E-state index contributed by atoms with van der Waals surface area (Å²) < 4.78 is 1.85. The van der Waals surface area contributed by atoms with Crippen molar-refractivity contribution in [2.45, 2.75) is 19.4 Å². The average molecular weight is 340 g/mol. The van der Waals surface area contributed by atoms with E-state index in [1.165, 1.54) is 4.90 Å². The zero-order valence-corrected chi connectivity index (χ0v) is 13.7. The van der Waals surface area contributed by atoms with Crippen LogP contribution in [-0.2, 0) is 9.59 Å². The van der Waals surface area contributed by atoms with Crippen molar-refractivity contribution in [1.29, 1.82) is 0 Å². The van der Waals surface area contributed by atoms with Gasteiger partial charge < -0.3 is 4.57 Å². The summed E-state index contributed by atoms with van der Waals surface area (Å²) in [5, 5.41) is 0.561. The number of benzene rings is 2. The fraction of sp³-hybridized carbons (Fsp3) is 0.167. The molecule has 0 spiro atoms. The second kappa shape index (κ2) is 5.46. The molecule has 3 aromatic rings. The molecule has 1 fully saturated rings. The predicted octanol–water partition coefficient (Wildman–Crippen LogP) is 3.50. The van der Waals surface area contributed by atoms with E-state index < -0.39 is 6.04 Å². The van der Waals surface area contributed by atoms with Crippen molar-refractivity contribution in [3.63, 3.8) is 0 Å². The Morgan fingerprint density at radius 2 is 1.79 bits per heavy atom. The third kappa shape index (κ3) is 2.20. The van der Waals surface area contributed by atoms with Gasteiger partial charge in [-0.15, -0.1) is 0 Å². The van der Waals surface area contributed by atoms with Gasteiger partial charge in [-0.3, -0.25) is 9.59 Å². The Balaban J connectivity index is 1.78. The molecule has 6 heteroatoms. The number of imide groups is 1. The van der Waals surface area contributed by atoms with E-state index in [0.717, 1.165) is 16.9 Å². The van der Waals surface area contributed by atoms with Crippen molar-refractivity contribution in [2.75, 3.05) is 4.90 Å². The molecule has 2 heterocycles. The lowest BCUT2D eigenvalue weighted by Crippen LogP contribution is -2.31. The van der Waals surface area contributed by atoms with Crippen LogP contribution in [-0.4, -0.2) is 21.4 Å². The predicted molar refractivity (Wildman–Crippen MR) is 92.1 cm³/mol. The molecule has 24 heavy (non-hydrogen) atoms. The lowest BCUT2D eigenvalue weighted by Gasteiger charge is -2.16. The van der Waals surface area contributed by atoms with E-state index in [4.69, 9.17) is 11.6 Å². The Hall–Kier alpha value is -2.66. The highest BCUT2D eigenvalue weighted by molar-refractivity contribution is 6.30. The third-order valence-corrected chi connectivity index (χ3v) is 4.54. The summed E-state index contributed by atoms with van der Waals surface area (Å²) in [6, 6.07) is 13.7. The number of amides is 2. The molecule has 1 atom stereocenters. The SMILES string of the molecule is Cc1nc2ccccc2n1[C@@H]1CC(=O)N(c2ccc(Cl)cc2)C1=O. The normalized spacial score (nSPS) is 17.9. The monoisotopic (exact) mass is 339 g/mol. The molecule has 0 radical (unpaired) electrons. The number of aryl methyl sites for hydroxylation is 1. The molecule has 1 aliphatic rings.